The Hall–Kier alpha value is -0.830. The van der Waals surface area contributed by atoms with Crippen LogP contribution >= 0.6 is 7.52 Å². The van der Waals surface area contributed by atoms with Crippen molar-refractivity contribution in [3.8, 4) is 0 Å². The van der Waals surface area contributed by atoms with Crippen LogP contribution in [0.15, 0.2) is 30.3 Å². The van der Waals surface area contributed by atoms with Crippen LogP contribution in [-0.4, -0.2) is 42.6 Å². The zero-order chi connectivity index (χ0) is 18.0. The number of para-hydroxylation sites is 1. The Morgan fingerprint density at radius 3 is 1.85 bits per heavy atom. The SMILES string of the molecule is C.C.CC(C)(C)COP(=O)(N1CCN(c2ccccc2)CC1)C(C)(C)C. The van der Waals surface area contributed by atoms with Gasteiger partial charge in [-0.05, 0) is 38.3 Å². The highest BCUT2D eigenvalue weighted by atomic mass is 31.2. The molecule has 0 spiro atoms. The summed E-state index contributed by atoms with van der Waals surface area (Å²) < 4.78 is 22.0. The van der Waals surface area contributed by atoms with Gasteiger partial charge in [-0.3, -0.25) is 4.57 Å². The van der Waals surface area contributed by atoms with Crippen LogP contribution < -0.4 is 4.90 Å². The molecular weight excluding hydrogens is 343 g/mol. The van der Waals surface area contributed by atoms with Crippen molar-refractivity contribution in [2.75, 3.05) is 37.7 Å². The van der Waals surface area contributed by atoms with Crippen molar-refractivity contribution in [1.29, 1.82) is 0 Å². The van der Waals surface area contributed by atoms with Crippen molar-refractivity contribution in [2.24, 2.45) is 5.41 Å². The molecule has 4 nitrogen and oxygen atoms in total. The molecule has 1 aromatic carbocycles. The number of benzene rings is 1. The van der Waals surface area contributed by atoms with Crippen LogP contribution in [0.2, 0.25) is 0 Å². The van der Waals surface area contributed by atoms with Crippen LogP contribution in [0.4, 0.5) is 5.69 Å². The first-order valence-electron chi connectivity index (χ1n) is 8.83. The molecule has 1 heterocycles. The fraction of sp³-hybridized carbons (Fsp3) is 0.714. The Bertz CT molecular complexity index is 568. The predicted octanol–water partition coefficient (Wildman–Crippen LogP) is 6.14. The van der Waals surface area contributed by atoms with Crippen LogP contribution in [-0.2, 0) is 9.09 Å². The third kappa shape index (κ3) is 6.11. The first-order valence-corrected chi connectivity index (χ1v) is 10.4. The predicted molar refractivity (Wildman–Crippen MR) is 116 cm³/mol. The highest BCUT2D eigenvalue weighted by Gasteiger charge is 2.45. The van der Waals surface area contributed by atoms with E-state index in [1.807, 2.05) is 26.8 Å². The van der Waals surface area contributed by atoms with E-state index in [4.69, 9.17) is 4.52 Å². The number of piperazine rings is 1. The topological polar surface area (TPSA) is 32.8 Å². The average Bonchev–Trinajstić information content (AvgIpc) is 2.52. The summed E-state index contributed by atoms with van der Waals surface area (Å²) in [4.78, 5) is 2.35. The average molecular weight is 385 g/mol. The molecule has 5 heteroatoms. The highest BCUT2D eigenvalue weighted by Crippen LogP contribution is 2.62. The molecule has 152 valence electrons. The van der Waals surface area contributed by atoms with E-state index < -0.39 is 7.52 Å². The van der Waals surface area contributed by atoms with Gasteiger partial charge < -0.3 is 9.42 Å². The normalized spacial score (nSPS) is 18.5. The molecule has 1 aromatic rings. The van der Waals surface area contributed by atoms with E-state index in [9.17, 15) is 4.57 Å². The third-order valence-corrected chi connectivity index (χ3v) is 7.59. The maximum absolute atomic E-state index is 13.8. The van der Waals surface area contributed by atoms with Gasteiger partial charge >= 0.3 is 0 Å². The van der Waals surface area contributed by atoms with Crippen molar-refractivity contribution in [2.45, 2.75) is 61.6 Å². The Morgan fingerprint density at radius 1 is 0.923 bits per heavy atom. The molecule has 0 saturated carbocycles. The van der Waals surface area contributed by atoms with Gasteiger partial charge in [0.15, 0.2) is 0 Å². The summed E-state index contributed by atoms with van der Waals surface area (Å²) in [5.74, 6) is 0. The minimum Gasteiger partial charge on any atom is -0.369 e. The summed E-state index contributed by atoms with van der Waals surface area (Å²) in [5, 5.41) is -0.382. The van der Waals surface area contributed by atoms with E-state index in [1.165, 1.54) is 5.69 Å². The van der Waals surface area contributed by atoms with E-state index in [1.54, 1.807) is 0 Å². The van der Waals surface area contributed by atoms with Gasteiger partial charge in [-0.1, -0.05) is 53.8 Å². The van der Waals surface area contributed by atoms with Gasteiger partial charge in [0.1, 0.15) is 0 Å². The van der Waals surface area contributed by atoms with E-state index in [-0.39, 0.29) is 25.4 Å². The molecule has 0 aromatic heterocycles. The monoisotopic (exact) mass is 384 g/mol. The molecule has 1 aliphatic rings. The van der Waals surface area contributed by atoms with E-state index >= 15 is 0 Å². The molecule has 1 unspecified atom stereocenters. The second kappa shape index (κ2) is 9.39. The summed E-state index contributed by atoms with van der Waals surface area (Å²) in [7, 11) is -2.89. The molecule has 26 heavy (non-hydrogen) atoms. The molecule has 1 saturated heterocycles. The number of hydrogen-bond donors (Lipinski definition) is 0. The smallest absolute Gasteiger partial charge is 0.277 e. The molecule has 0 N–H and O–H groups in total. The summed E-state index contributed by atoms with van der Waals surface area (Å²) in [5.41, 5.74) is 1.24. The molecular formula is C21H41N2O2P. The van der Waals surface area contributed by atoms with Crippen molar-refractivity contribution in [1.82, 2.24) is 4.67 Å². The van der Waals surface area contributed by atoms with Crippen LogP contribution in [0, 0.1) is 5.41 Å². The molecule has 0 bridgehead atoms. The standard InChI is InChI=1S/C19H33N2O2P.2CH4/c1-18(2,3)16-23-24(22,19(4,5)6)21-14-12-20(13-15-21)17-10-8-7-9-11-17;;/h7-11H,12-16H2,1-6H3;2*1H4. The van der Waals surface area contributed by atoms with Crippen molar-refractivity contribution in [3.63, 3.8) is 0 Å². The second-order valence-corrected chi connectivity index (χ2v) is 12.0. The number of rotatable bonds is 4. The van der Waals surface area contributed by atoms with Crippen LogP contribution in [0.1, 0.15) is 56.4 Å². The fourth-order valence-electron chi connectivity index (χ4n) is 2.84. The molecule has 0 radical (unpaired) electrons. The van der Waals surface area contributed by atoms with Crippen LogP contribution in [0.5, 0.6) is 0 Å². The van der Waals surface area contributed by atoms with E-state index in [0.717, 1.165) is 26.2 Å². The number of hydrogen-bond acceptors (Lipinski definition) is 3. The van der Waals surface area contributed by atoms with Crippen molar-refractivity contribution in [3.05, 3.63) is 30.3 Å². The molecule has 2 rings (SSSR count). The van der Waals surface area contributed by atoms with Gasteiger partial charge in [0.25, 0.3) is 7.52 Å². The first kappa shape index (κ1) is 25.2. The third-order valence-electron chi connectivity index (χ3n) is 4.27. The molecule has 0 aliphatic carbocycles. The van der Waals surface area contributed by atoms with Gasteiger partial charge in [-0.15, -0.1) is 0 Å². The quantitative estimate of drug-likeness (QED) is 0.584. The van der Waals surface area contributed by atoms with Gasteiger partial charge in [0.05, 0.1) is 11.8 Å². The maximum Gasteiger partial charge on any atom is 0.277 e. The van der Waals surface area contributed by atoms with E-state index in [2.05, 4.69) is 54.6 Å². The lowest BCUT2D eigenvalue weighted by atomic mass is 9.99. The van der Waals surface area contributed by atoms with Crippen LogP contribution in [0.3, 0.4) is 0 Å². The Morgan fingerprint density at radius 2 is 1.42 bits per heavy atom. The molecule has 1 aliphatic heterocycles. The zero-order valence-electron chi connectivity index (χ0n) is 16.1. The lowest BCUT2D eigenvalue weighted by molar-refractivity contribution is 0.167. The van der Waals surface area contributed by atoms with Crippen molar-refractivity contribution < 1.29 is 9.09 Å². The summed E-state index contributed by atoms with van der Waals surface area (Å²) in [6, 6.07) is 10.4. The van der Waals surface area contributed by atoms with E-state index in [0.29, 0.717) is 6.61 Å². The van der Waals surface area contributed by atoms with Crippen molar-refractivity contribution >= 4 is 13.2 Å². The summed E-state index contributed by atoms with van der Waals surface area (Å²) in [6.45, 7) is 16.3. The lowest BCUT2D eigenvalue weighted by Crippen LogP contribution is -2.47. The Balaban J connectivity index is 0.00000312. The molecule has 0 amide bonds. The number of anilines is 1. The zero-order valence-corrected chi connectivity index (χ0v) is 17.0. The minimum atomic E-state index is -2.89. The number of nitrogens with zero attached hydrogens (tertiary/aromatic N) is 2. The molecule has 1 fully saturated rings. The lowest BCUT2D eigenvalue weighted by Gasteiger charge is -2.44. The van der Waals surface area contributed by atoms with Gasteiger partial charge in [0.2, 0.25) is 0 Å². The molecule has 1 atom stereocenters. The summed E-state index contributed by atoms with van der Waals surface area (Å²) in [6.07, 6.45) is 0. The van der Waals surface area contributed by atoms with Gasteiger partial charge in [0, 0.05) is 31.9 Å². The summed E-state index contributed by atoms with van der Waals surface area (Å²) >= 11 is 0. The highest BCUT2D eigenvalue weighted by molar-refractivity contribution is 7.58. The Kier molecular flexibility index (Phi) is 9.09. The fourth-order valence-corrected chi connectivity index (χ4v) is 5.50. The first-order chi connectivity index (χ1) is 11.0. The Labute approximate surface area is 162 Å². The second-order valence-electron chi connectivity index (χ2n) is 8.80. The maximum atomic E-state index is 13.8. The minimum absolute atomic E-state index is 0. The van der Waals surface area contributed by atoms with Gasteiger partial charge in [-0.2, -0.15) is 0 Å². The van der Waals surface area contributed by atoms with Crippen LogP contribution in [0.25, 0.3) is 0 Å². The van der Waals surface area contributed by atoms with Gasteiger partial charge in [-0.25, -0.2) is 4.67 Å². The largest absolute Gasteiger partial charge is 0.369 e.